The van der Waals surface area contributed by atoms with E-state index < -0.39 is 0 Å². The van der Waals surface area contributed by atoms with Crippen molar-refractivity contribution in [1.82, 2.24) is 15.0 Å². The molecule has 0 N–H and O–H groups in total. The summed E-state index contributed by atoms with van der Waals surface area (Å²) in [5, 5.41) is 2.21. The van der Waals surface area contributed by atoms with Crippen LogP contribution in [0.2, 0.25) is 0 Å². The third-order valence-electron chi connectivity index (χ3n) is 8.61. The summed E-state index contributed by atoms with van der Waals surface area (Å²) in [6.45, 7) is 8.31. The molecule has 0 radical (unpaired) electrons. The Hall–Kier alpha value is -4.65. The normalized spacial score (nSPS) is 15.6. The van der Waals surface area contributed by atoms with Crippen LogP contribution >= 0.6 is 0 Å². The van der Waals surface area contributed by atoms with Crippen molar-refractivity contribution >= 4 is 23.4 Å². The molecule has 0 unspecified atom stereocenters. The van der Waals surface area contributed by atoms with Gasteiger partial charge in [0, 0.05) is 16.7 Å². The quantitative estimate of drug-likeness (QED) is 0.200. The van der Waals surface area contributed by atoms with Gasteiger partial charge in [-0.05, 0) is 55.1 Å². The summed E-state index contributed by atoms with van der Waals surface area (Å²) >= 11 is 0. The standard InChI is InChI=1S/C37H32BN3O2/c1-36(2)37(3,4)43-38(42-36)28-23-21-25(22-24-28)29-17-11-19-31-30(29)18-12-20-32(31)35-40-33(26-13-7-5-8-14-26)39-34(41-35)27-15-9-6-10-16-27/h5-24H,1-4H3. The zero-order chi connectivity index (χ0) is 29.6. The first-order valence-corrected chi connectivity index (χ1v) is 14.6. The van der Waals surface area contributed by atoms with Gasteiger partial charge in [-0.1, -0.05) is 121 Å². The van der Waals surface area contributed by atoms with Crippen LogP contribution in [0, 0.1) is 0 Å². The maximum Gasteiger partial charge on any atom is 0.494 e. The molecule has 43 heavy (non-hydrogen) atoms. The fraction of sp³-hybridized carbons (Fsp3) is 0.162. The van der Waals surface area contributed by atoms with Crippen molar-refractivity contribution in [2.45, 2.75) is 38.9 Å². The smallest absolute Gasteiger partial charge is 0.399 e. The van der Waals surface area contributed by atoms with Crippen LogP contribution in [-0.2, 0) is 9.31 Å². The van der Waals surface area contributed by atoms with E-state index in [-0.39, 0.29) is 18.3 Å². The number of fused-ring (bicyclic) bond motifs is 1. The van der Waals surface area contributed by atoms with E-state index in [0.29, 0.717) is 17.5 Å². The Morgan fingerprint density at radius 1 is 0.442 bits per heavy atom. The molecule has 5 nitrogen and oxygen atoms in total. The highest BCUT2D eigenvalue weighted by Gasteiger charge is 2.51. The Morgan fingerprint density at radius 3 is 1.44 bits per heavy atom. The van der Waals surface area contributed by atoms with Crippen LogP contribution in [0.1, 0.15) is 27.7 Å². The summed E-state index contributed by atoms with van der Waals surface area (Å²) in [6.07, 6.45) is 0. The van der Waals surface area contributed by atoms with Gasteiger partial charge in [0.1, 0.15) is 0 Å². The molecule has 2 heterocycles. The lowest BCUT2D eigenvalue weighted by molar-refractivity contribution is 0.00578. The molecule has 1 aliphatic rings. The average molecular weight is 561 g/mol. The SMILES string of the molecule is CC1(C)OB(c2ccc(-c3cccc4c(-c5nc(-c6ccccc6)nc(-c6ccccc6)n5)cccc34)cc2)OC1(C)C. The largest absolute Gasteiger partial charge is 0.494 e. The average Bonchev–Trinajstić information content (AvgIpc) is 3.27. The second-order valence-electron chi connectivity index (χ2n) is 12.0. The summed E-state index contributed by atoms with van der Waals surface area (Å²) < 4.78 is 12.5. The number of rotatable bonds is 5. The van der Waals surface area contributed by atoms with Crippen LogP contribution in [0.25, 0.3) is 56.1 Å². The molecule has 1 aliphatic heterocycles. The minimum Gasteiger partial charge on any atom is -0.399 e. The van der Waals surface area contributed by atoms with Gasteiger partial charge >= 0.3 is 7.12 Å². The fourth-order valence-corrected chi connectivity index (χ4v) is 5.48. The molecule has 0 spiro atoms. The number of benzene rings is 5. The van der Waals surface area contributed by atoms with Crippen LogP contribution in [0.15, 0.2) is 121 Å². The molecule has 0 aliphatic carbocycles. The summed E-state index contributed by atoms with van der Waals surface area (Å²) in [5.41, 5.74) is 5.38. The van der Waals surface area contributed by atoms with Gasteiger partial charge in [0.25, 0.3) is 0 Å². The minimum absolute atomic E-state index is 0.377. The number of aromatic nitrogens is 3. The van der Waals surface area contributed by atoms with Crippen LogP contribution in [0.3, 0.4) is 0 Å². The van der Waals surface area contributed by atoms with Crippen molar-refractivity contribution in [3.8, 4) is 45.3 Å². The topological polar surface area (TPSA) is 57.1 Å². The molecule has 0 bridgehead atoms. The molecule has 0 saturated carbocycles. The molecule has 7 rings (SSSR count). The summed E-state index contributed by atoms with van der Waals surface area (Å²) in [5.74, 6) is 1.94. The van der Waals surface area contributed by atoms with Crippen LogP contribution in [-0.4, -0.2) is 33.3 Å². The zero-order valence-electron chi connectivity index (χ0n) is 24.8. The van der Waals surface area contributed by atoms with E-state index in [1.54, 1.807) is 0 Å². The highest BCUT2D eigenvalue weighted by atomic mass is 16.7. The lowest BCUT2D eigenvalue weighted by Gasteiger charge is -2.32. The maximum absolute atomic E-state index is 6.27. The lowest BCUT2D eigenvalue weighted by atomic mass is 9.78. The van der Waals surface area contributed by atoms with Crippen LogP contribution in [0.5, 0.6) is 0 Å². The van der Waals surface area contributed by atoms with Gasteiger partial charge in [-0.25, -0.2) is 15.0 Å². The van der Waals surface area contributed by atoms with E-state index in [1.807, 2.05) is 60.7 Å². The third kappa shape index (κ3) is 5.03. The Kier molecular flexibility index (Phi) is 6.68. The highest BCUT2D eigenvalue weighted by Crippen LogP contribution is 2.37. The molecule has 1 aromatic heterocycles. The molecular formula is C37H32BN3O2. The van der Waals surface area contributed by atoms with Gasteiger partial charge < -0.3 is 9.31 Å². The molecule has 6 heteroatoms. The Labute approximate surface area is 252 Å². The Bertz CT molecular complexity index is 1850. The monoisotopic (exact) mass is 561 g/mol. The predicted octanol–water partition coefficient (Wildman–Crippen LogP) is 7.99. The number of hydrogen-bond donors (Lipinski definition) is 0. The minimum atomic E-state index is -0.389. The van der Waals surface area contributed by atoms with Crippen LogP contribution < -0.4 is 5.46 Å². The van der Waals surface area contributed by atoms with E-state index in [9.17, 15) is 0 Å². The van der Waals surface area contributed by atoms with E-state index in [2.05, 4.69) is 88.4 Å². The van der Waals surface area contributed by atoms with Gasteiger partial charge in [-0.2, -0.15) is 0 Å². The molecular weight excluding hydrogens is 529 g/mol. The van der Waals surface area contributed by atoms with Crippen molar-refractivity contribution in [2.75, 3.05) is 0 Å². The maximum atomic E-state index is 6.27. The zero-order valence-corrected chi connectivity index (χ0v) is 24.8. The predicted molar refractivity (Wildman–Crippen MR) is 175 cm³/mol. The molecule has 6 aromatic rings. The van der Waals surface area contributed by atoms with Crippen molar-refractivity contribution in [2.24, 2.45) is 0 Å². The van der Waals surface area contributed by atoms with E-state index in [0.717, 1.165) is 44.1 Å². The first-order valence-electron chi connectivity index (χ1n) is 14.6. The first kappa shape index (κ1) is 27.2. The van der Waals surface area contributed by atoms with E-state index >= 15 is 0 Å². The molecule has 0 amide bonds. The van der Waals surface area contributed by atoms with Crippen molar-refractivity contribution in [3.05, 3.63) is 121 Å². The third-order valence-corrected chi connectivity index (χ3v) is 8.61. The molecule has 1 saturated heterocycles. The fourth-order valence-electron chi connectivity index (χ4n) is 5.48. The summed E-state index contributed by atoms with van der Waals surface area (Å²) in [4.78, 5) is 14.8. The van der Waals surface area contributed by atoms with Gasteiger partial charge in [0.15, 0.2) is 17.5 Å². The molecule has 5 aromatic carbocycles. The van der Waals surface area contributed by atoms with Crippen molar-refractivity contribution in [3.63, 3.8) is 0 Å². The van der Waals surface area contributed by atoms with E-state index in [1.165, 1.54) is 0 Å². The summed E-state index contributed by atoms with van der Waals surface area (Å²) in [7, 11) is -0.389. The molecule has 1 fully saturated rings. The van der Waals surface area contributed by atoms with E-state index in [4.69, 9.17) is 24.3 Å². The molecule has 0 atom stereocenters. The second kappa shape index (κ2) is 10.6. The highest BCUT2D eigenvalue weighted by molar-refractivity contribution is 6.62. The van der Waals surface area contributed by atoms with Gasteiger partial charge in [-0.3, -0.25) is 0 Å². The van der Waals surface area contributed by atoms with Gasteiger partial charge in [0.2, 0.25) is 0 Å². The summed E-state index contributed by atoms with van der Waals surface area (Å²) in [6, 6.07) is 41.3. The number of nitrogens with zero attached hydrogens (tertiary/aromatic N) is 3. The van der Waals surface area contributed by atoms with Crippen molar-refractivity contribution < 1.29 is 9.31 Å². The van der Waals surface area contributed by atoms with Gasteiger partial charge in [-0.15, -0.1) is 0 Å². The Balaban J connectivity index is 1.31. The molecule has 210 valence electrons. The van der Waals surface area contributed by atoms with Crippen molar-refractivity contribution in [1.29, 1.82) is 0 Å². The van der Waals surface area contributed by atoms with Crippen LogP contribution in [0.4, 0.5) is 0 Å². The first-order chi connectivity index (χ1) is 20.8. The lowest BCUT2D eigenvalue weighted by Crippen LogP contribution is -2.41. The second-order valence-corrected chi connectivity index (χ2v) is 12.0. The van der Waals surface area contributed by atoms with Gasteiger partial charge in [0.05, 0.1) is 11.2 Å². The Morgan fingerprint density at radius 2 is 0.907 bits per heavy atom. The number of hydrogen-bond acceptors (Lipinski definition) is 5.